The molecule has 29 heavy (non-hydrogen) atoms. The van der Waals surface area contributed by atoms with Crippen molar-refractivity contribution in [3.05, 3.63) is 77.4 Å². The summed E-state index contributed by atoms with van der Waals surface area (Å²) in [7, 11) is 1.69. The van der Waals surface area contributed by atoms with Gasteiger partial charge in [0.2, 0.25) is 5.82 Å². The Morgan fingerprint density at radius 2 is 1.69 bits per heavy atom. The Morgan fingerprint density at radius 3 is 2.45 bits per heavy atom. The number of hydrogen-bond acceptors (Lipinski definition) is 5. The van der Waals surface area contributed by atoms with Gasteiger partial charge in [-0.2, -0.15) is 4.98 Å². The molecule has 4 rings (SSSR count). The first-order valence-electron chi connectivity index (χ1n) is 9.39. The minimum atomic E-state index is 0.244. The van der Waals surface area contributed by atoms with Gasteiger partial charge in [0, 0.05) is 18.2 Å². The molecule has 0 fully saturated rings. The highest BCUT2D eigenvalue weighted by Crippen LogP contribution is 2.32. The second kappa shape index (κ2) is 7.89. The van der Waals surface area contributed by atoms with Gasteiger partial charge in [0.25, 0.3) is 5.89 Å². The molecular weight excluding hydrogens is 364 g/mol. The van der Waals surface area contributed by atoms with Crippen LogP contribution < -0.4 is 0 Å². The van der Waals surface area contributed by atoms with E-state index in [0.717, 1.165) is 27.8 Å². The molecule has 0 aliphatic carbocycles. The summed E-state index contributed by atoms with van der Waals surface area (Å²) in [6.07, 6.45) is 0. The quantitative estimate of drug-likeness (QED) is 0.488. The van der Waals surface area contributed by atoms with Crippen molar-refractivity contribution < 1.29 is 14.4 Å². The van der Waals surface area contributed by atoms with Crippen LogP contribution in [0, 0.1) is 13.8 Å². The van der Waals surface area contributed by atoms with Crippen molar-refractivity contribution in [1.82, 2.24) is 10.1 Å². The van der Waals surface area contributed by atoms with Crippen LogP contribution in [0.15, 0.2) is 65.2 Å². The van der Waals surface area contributed by atoms with Crippen LogP contribution in [0.25, 0.3) is 34.0 Å². The van der Waals surface area contributed by atoms with Crippen LogP contribution in [-0.4, -0.2) is 22.4 Å². The first kappa shape index (κ1) is 18.9. The first-order chi connectivity index (χ1) is 14.1. The maximum absolute atomic E-state index is 9.72. The fourth-order valence-electron chi connectivity index (χ4n) is 3.39. The van der Waals surface area contributed by atoms with Crippen LogP contribution in [-0.2, 0) is 11.3 Å². The Hall–Kier alpha value is -3.44. The van der Waals surface area contributed by atoms with Gasteiger partial charge in [0.1, 0.15) is 5.75 Å². The van der Waals surface area contributed by atoms with Crippen LogP contribution in [0.1, 0.15) is 16.7 Å². The van der Waals surface area contributed by atoms with Crippen LogP contribution >= 0.6 is 0 Å². The Balaban J connectivity index is 1.73. The minimum absolute atomic E-state index is 0.244. The van der Waals surface area contributed by atoms with E-state index in [9.17, 15) is 5.11 Å². The second-order valence-electron chi connectivity index (χ2n) is 7.04. The zero-order chi connectivity index (χ0) is 20.4. The van der Waals surface area contributed by atoms with Gasteiger partial charge in [-0.05, 0) is 72.0 Å². The zero-order valence-electron chi connectivity index (χ0n) is 16.6. The average molecular weight is 386 g/mol. The number of rotatable bonds is 5. The standard InChI is InChI=1S/C24H22N2O3/c1-15-6-4-5-7-20(15)21-10-8-18(13-19(21)14-28-3)24-25-23(26-29-24)17-9-11-22(27)16(2)12-17/h4-13,27H,14H2,1-3H3. The number of ether oxygens (including phenoxy) is 1. The Bertz CT molecular complexity index is 1160. The van der Waals surface area contributed by atoms with Crippen LogP contribution in [0.5, 0.6) is 5.75 Å². The zero-order valence-corrected chi connectivity index (χ0v) is 16.6. The molecule has 3 aromatic carbocycles. The molecule has 0 radical (unpaired) electrons. The molecule has 5 heteroatoms. The predicted octanol–water partition coefficient (Wildman–Crippen LogP) is 5.54. The molecule has 0 atom stereocenters. The maximum atomic E-state index is 9.72. The van der Waals surface area contributed by atoms with E-state index in [1.54, 1.807) is 19.2 Å². The van der Waals surface area contributed by atoms with Gasteiger partial charge in [-0.25, -0.2) is 0 Å². The SMILES string of the molecule is COCc1cc(-c2nc(-c3ccc(O)c(C)c3)no2)ccc1-c1ccccc1C. The average Bonchev–Trinajstić information content (AvgIpc) is 3.21. The Labute approximate surface area is 169 Å². The number of hydrogen-bond donors (Lipinski definition) is 1. The maximum Gasteiger partial charge on any atom is 0.258 e. The summed E-state index contributed by atoms with van der Waals surface area (Å²) < 4.78 is 10.9. The van der Waals surface area contributed by atoms with E-state index in [-0.39, 0.29) is 5.75 Å². The van der Waals surface area contributed by atoms with Crippen molar-refractivity contribution in [2.75, 3.05) is 7.11 Å². The molecule has 0 saturated carbocycles. The van der Waals surface area contributed by atoms with Gasteiger partial charge in [0.05, 0.1) is 6.61 Å². The third-order valence-electron chi connectivity index (χ3n) is 4.97. The third-order valence-corrected chi connectivity index (χ3v) is 4.97. The van der Waals surface area contributed by atoms with Gasteiger partial charge in [-0.1, -0.05) is 35.5 Å². The number of aromatic nitrogens is 2. The normalized spacial score (nSPS) is 11.0. The summed E-state index contributed by atoms with van der Waals surface area (Å²) in [5.41, 5.74) is 6.96. The molecule has 4 aromatic rings. The van der Waals surface area contributed by atoms with Crippen molar-refractivity contribution in [1.29, 1.82) is 0 Å². The summed E-state index contributed by atoms with van der Waals surface area (Å²) in [4.78, 5) is 4.54. The Kier molecular flexibility index (Phi) is 5.14. The van der Waals surface area contributed by atoms with E-state index >= 15 is 0 Å². The Morgan fingerprint density at radius 1 is 0.897 bits per heavy atom. The second-order valence-corrected chi connectivity index (χ2v) is 7.04. The topological polar surface area (TPSA) is 68.4 Å². The lowest BCUT2D eigenvalue weighted by Gasteiger charge is -2.12. The summed E-state index contributed by atoms with van der Waals surface area (Å²) >= 11 is 0. The first-order valence-corrected chi connectivity index (χ1v) is 9.39. The van der Waals surface area contributed by atoms with E-state index in [2.05, 4.69) is 35.3 Å². The van der Waals surface area contributed by atoms with Crippen LogP contribution in [0.4, 0.5) is 0 Å². The molecule has 0 spiro atoms. The smallest absolute Gasteiger partial charge is 0.258 e. The predicted molar refractivity (Wildman–Crippen MR) is 112 cm³/mol. The van der Waals surface area contributed by atoms with Gasteiger partial charge in [-0.3, -0.25) is 0 Å². The van der Waals surface area contributed by atoms with Crippen molar-refractivity contribution >= 4 is 0 Å². The fraction of sp³-hybridized carbons (Fsp3) is 0.167. The molecule has 0 saturated heterocycles. The molecule has 0 bridgehead atoms. The lowest BCUT2D eigenvalue weighted by molar-refractivity contribution is 0.185. The molecule has 1 heterocycles. The number of nitrogens with zero attached hydrogens (tertiary/aromatic N) is 2. The molecule has 0 aliphatic rings. The van der Waals surface area contributed by atoms with Gasteiger partial charge >= 0.3 is 0 Å². The summed E-state index contributed by atoms with van der Waals surface area (Å²) in [5.74, 6) is 1.17. The van der Waals surface area contributed by atoms with Gasteiger partial charge in [0.15, 0.2) is 0 Å². The highest BCUT2D eigenvalue weighted by molar-refractivity contribution is 5.74. The van der Waals surface area contributed by atoms with E-state index in [0.29, 0.717) is 18.3 Å². The molecule has 0 aliphatic heterocycles. The molecule has 1 N–H and O–H groups in total. The van der Waals surface area contributed by atoms with E-state index in [4.69, 9.17) is 9.26 Å². The van der Waals surface area contributed by atoms with E-state index in [1.165, 1.54) is 11.1 Å². The summed E-state index contributed by atoms with van der Waals surface area (Å²) in [6, 6.07) is 19.6. The summed E-state index contributed by atoms with van der Waals surface area (Å²) in [5, 5.41) is 13.8. The largest absolute Gasteiger partial charge is 0.508 e. The molecule has 0 unspecified atom stereocenters. The van der Waals surface area contributed by atoms with Crippen molar-refractivity contribution in [2.45, 2.75) is 20.5 Å². The van der Waals surface area contributed by atoms with E-state index < -0.39 is 0 Å². The molecule has 5 nitrogen and oxygen atoms in total. The third kappa shape index (κ3) is 3.77. The van der Waals surface area contributed by atoms with Crippen molar-refractivity contribution in [3.63, 3.8) is 0 Å². The van der Waals surface area contributed by atoms with Gasteiger partial charge < -0.3 is 14.4 Å². The molecule has 146 valence electrons. The number of aromatic hydroxyl groups is 1. The number of benzene rings is 3. The minimum Gasteiger partial charge on any atom is -0.508 e. The highest BCUT2D eigenvalue weighted by atomic mass is 16.5. The monoisotopic (exact) mass is 386 g/mol. The van der Waals surface area contributed by atoms with Crippen molar-refractivity contribution in [3.8, 4) is 39.7 Å². The van der Waals surface area contributed by atoms with Gasteiger partial charge in [-0.15, -0.1) is 0 Å². The van der Waals surface area contributed by atoms with Crippen LogP contribution in [0.2, 0.25) is 0 Å². The highest BCUT2D eigenvalue weighted by Gasteiger charge is 2.15. The summed E-state index contributed by atoms with van der Waals surface area (Å²) in [6.45, 7) is 4.42. The molecule has 0 amide bonds. The van der Waals surface area contributed by atoms with Crippen LogP contribution in [0.3, 0.4) is 0 Å². The molecule has 1 aromatic heterocycles. The number of phenols is 1. The fourth-order valence-corrected chi connectivity index (χ4v) is 3.39. The van der Waals surface area contributed by atoms with E-state index in [1.807, 2.05) is 37.3 Å². The number of aryl methyl sites for hydroxylation is 2. The lowest BCUT2D eigenvalue weighted by Crippen LogP contribution is -1.95. The van der Waals surface area contributed by atoms with Crippen molar-refractivity contribution in [2.24, 2.45) is 0 Å². The lowest BCUT2D eigenvalue weighted by atomic mass is 9.94. The number of methoxy groups -OCH3 is 1. The molecular formula is C24H22N2O3. The number of phenolic OH excluding ortho intramolecular Hbond substituents is 1.